The monoisotopic (exact) mass is 325 g/mol. The zero-order chi connectivity index (χ0) is 13.7. The van der Waals surface area contributed by atoms with Crippen molar-refractivity contribution in [1.82, 2.24) is 5.32 Å². The minimum absolute atomic E-state index is 0.0214. The number of halogens is 1. The molecule has 1 atom stereocenters. The van der Waals surface area contributed by atoms with Crippen LogP contribution in [-0.4, -0.2) is 18.1 Å². The molecule has 1 aliphatic carbocycles. The molecule has 1 aliphatic rings. The lowest BCUT2D eigenvalue weighted by molar-refractivity contribution is -0.128. The van der Waals surface area contributed by atoms with Crippen LogP contribution in [0.4, 0.5) is 0 Å². The number of nitrogens with one attached hydrogen (secondary N) is 1. The summed E-state index contributed by atoms with van der Waals surface area (Å²) < 4.78 is 6.61. The van der Waals surface area contributed by atoms with Crippen molar-refractivity contribution < 1.29 is 9.53 Å². The summed E-state index contributed by atoms with van der Waals surface area (Å²) in [5.41, 5.74) is 0. The van der Waals surface area contributed by atoms with E-state index in [9.17, 15) is 4.79 Å². The van der Waals surface area contributed by atoms with Crippen LogP contribution in [0.15, 0.2) is 28.7 Å². The smallest absolute Gasteiger partial charge is 0.260 e. The van der Waals surface area contributed by atoms with Gasteiger partial charge in [-0.05, 0) is 38.0 Å². The second kappa shape index (κ2) is 6.94. The van der Waals surface area contributed by atoms with Crippen molar-refractivity contribution in [3.63, 3.8) is 0 Å². The van der Waals surface area contributed by atoms with Gasteiger partial charge >= 0.3 is 0 Å². The molecule has 0 saturated heterocycles. The van der Waals surface area contributed by atoms with Crippen molar-refractivity contribution in [2.24, 2.45) is 0 Å². The van der Waals surface area contributed by atoms with E-state index in [-0.39, 0.29) is 5.91 Å². The Bertz CT molecular complexity index is 430. The number of ether oxygens (including phenoxy) is 1. The summed E-state index contributed by atoms with van der Waals surface area (Å²) in [6.07, 6.45) is 5.44. The second-order valence-corrected chi connectivity index (χ2v) is 5.98. The summed E-state index contributed by atoms with van der Waals surface area (Å²) in [6, 6.07) is 7.87. The molecule has 3 nitrogen and oxygen atoms in total. The normalized spacial score (nSPS) is 17.8. The van der Waals surface area contributed by atoms with Crippen molar-refractivity contribution in [3.8, 4) is 5.75 Å². The SMILES string of the molecule is CC(Oc1cccc(Br)c1)C(=O)NC1CCCCC1. The van der Waals surface area contributed by atoms with Gasteiger partial charge in [-0.3, -0.25) is 4.79 Å². The van der Waals surface area contributed by atoms with Gasteiger partial charge in [0, 0.05) is 10.5 Å². The summed E-state index contributed by atoms with van der Waals surface area (Å²) in [7, 11) is 0. The van der Waals surface area contributed by atoms with Crippen molar-refractivity contribution >= 4 is 21.8 Å². The number of carbonyl (C=O) groups is 1. The zero-order valence-corrected chi connectivity index (χ0v) is 12.8. The molecule has 0 heterocycles. The topological polar surface area (TPSA) is 38.3 Å². The maximum atomic E-state index is 12.1. The van der Waals surface area contributed by atoms with Gasteiger partial charge in [0.2, 0.25) is 0 Å². The molecule has 1 saturated carbocycles. The maximum Gasteiger partial charge on any atom is 0.260 e. The predicted molar refractivity (Wildman–Crippen MR) is 79.2 cm³/mol. The average Bonchev–Trinajstić information content (AvgIpc) is 2.40. The maximum absolute atomic E-state index is 12.1. The molecule has 1 unspecified atom stereocenters. The number of hydrogen-bond acceptors (Lipinski definition) is 2. The van der Waals surface area contributed by atoms with Gasteiger partial charge in [0.1, 0.15) is 5.75 Å². The lowest BCUT2D eigenvalue weighted by Gasteiger charge is -2.24. The van der Waals surface area contributed by atoms with E-state index >= 15 is 0 Å². The van der Waals surface area contributed by atoms with Crippen LogP contribution in [0.3, 0.4) is 0 Å². The van der Waals surface area contributed by atoms with E-state index in [1.54, 1.807) is 6.92 Å². The van der Waals surface area contributed by atoms with Crippen LogP contribution >= 0.6 is 15.9 Å². The molecule has 104 valence electrons. The highest BCUT2D eigenvalue weighted by Gasteiger charge is 2.20. The first-order chi connectivity index (χ1) is 9.15. The molecule has 1 aromatic rings. The summed E-state index contributed by atoms with van der Waals surface area (Å²) in [5, 5.41) is 3.08. The largest absolute Gasteiger partial charge is 0.481 e. The Morgan fingerprint density at radius 1 is 1.37 bits per heavy atom. The van der Waals surface area contributed by atoms with E-state index in [1.165, 1.54) is 19.3 Å². The molecule has 1 aromatic carbocycles. The number of hydrogen-bond donors (Lipinski definition) is 1. The Kier molecular flexibility index (Phi) is 5.25. The lowest BCUT2D eigenvalue weighted by Crippen LogP contribution is -2.43. The van der Waals surface area contributed by atoms with Gasteiger partial charge in [0.25, 0.3) is 5.91 Å². The van der Waals surface area contributed by atoms with Gasteiger partial charge in [-0.15, -0.1) is 0 Å². The first-order valence-electron chi connectivity index (χ1n) is 6.88. The molecule has 4 heteroatoms. The summed E-state index contributed by atoms with van der Waals surface area (Å²) in [6.45, 7) is 1.79. The number of rotatable bonds is 4. The first kappa shape index (κ1) is 14.4. The van der Waals surface area contributed by atoms with E-state index in [0.29, 0.717) is 11.8 Å². The van der Waals surface area contributed by atoms with Crippen molar-refractivity contribution in [3.05, 3.63) is 28.7 Å². The summed E-state index contributed by atoms with van der Waals surface area (Å²) >= 11 is 3.39. The molecule has 0 bridgehead atoms. The fraction of sp³-hybridized carbons (Fsp3) is 0.533. The van der Waals surface area contributed by atoms with E-state index < -0.39 is 6.10 Å². The first-order valence-corrected chi connectivity index (χ1v) is 7.67. The molecular weight excluding hydrogens is 306 g/mol. The van der Waals surface area contributed by atoms with Gasteiger partial charge in [-0.1, -0.05) is 41.3 Å². The van der Waals surface area contributed by atoms with Gasteiger partial charge in [-0.25, -0.2) is 0 Å². The fourth-order valence-corrected chi connectivity index (χ4v) is 2.74. The van der Waals surface area contributed by atoms with E-state index in [4.69, 9.17) is 4.74 Å². The number of amides is 1. The highest BCUT2D eigenvalue weighted by atomic mass is 79.9. The van der Waals surface area contributed by atoms with Gasteiger partial charge < -0.3 is 10.1 Å². The molecule has 0 radical (unpaired) electrons. The Hall–Kier alpha value is -1.03. The Balaban J connectivity index is 1.84. The molecule has 0 aliphatic heterocycles. The van der Waals surface area contributed by atoms with E-state index in [1.807, 2.05) is 24.3 Å². The van der Waals surface area contributed by atoms with Crippen LogP contribution in [0.2, 0.25) is 0 Å². The number of carbonyl (C=O) groups excluding carboxylic acids is 1. The van der Waals surface area contributed by atoms with Crippen molar-refractivity contribution in [2.75, 3.05) is 0 Å². The average molecular weight is 326 g/mol. The quantitative estimate of drug-likeness (QED) is 0.917. The van der Waals surface area contributed by atoms with E-state index in [2.05, 4.69) is 21.2 Å². The lowest BCUT2D eigenvalue weighted by atomic mass is 9.95. The standard InChI is InChI=1S/C15H20BrNO2/c1-11(19-14-9-5-6-12(16)10-14)15(18)17-13-7-3-2-4-8-13/h5-6,9-11,13H,2-4,7-8H2,1H3,(H,17,18). The summed E-state index contributed by atoms with van der Waals surface area (Å²) in [5.74, 6) is 0.688. The predicted octanol–water partition coefficient (Wildman–Crippen LogP) is 3.67. The molecule has 0 aromatic heterocycles. The second-order valence-electron chi connectivity index (χ2n) is 5.06. The fourth-order valence-electron chi connectivity index (χ4n) is 2.36. The van der Waals surface area contributed by atoms with Crippen LogP contribution in [0.1, 0.15) is 39.0 Å². The van der Waals surface area contributed by atoms with Gasteiger partial charge in [0.05, 0.1) is 0 Å². The van der Waals surface area contributed by atoms with E-state index in [0.717, 1.165) is 17.3 Å². The van der Waals surface area contributed by atoms with Gasteiger partial charge in [0.15, 0.2) is 6.10 Å². The Morgan fingerprint density at radius 3 is 2.79 bits per heavy atom. The molecule has 2 rings (SSSR count). The molecular formula is C15H20BrNO2. The zero-order valence-electron chi connectivity index (χ0n) is 11.2. The third-order valence-electron chi connectivity index (χ3n) is 3.43. The molecule has 0 spiro atoms. The van der Waals surface area contributed by atoms with Gasteiger partial charge in [-0.2, -0.15) is 0 Å². The third kappa shape index (κ3) is 4.53. The van der Waals surface area contributed by atoms with Crippen LogP contribution < -0.4 is 10.1 Å². The minimum atomic E-state index is -0.462. The molecule has 1 fully saturated rings. The van der Waals surface area contributed by atoms with Crippen LogP contribution in [0.25, 0.3) is 0 Å². The van der Waals surface area contributed by atoms with Crippen molar-refractivity contribution in [2.45, 2.75) is 51.2 Å². The minimum Gasteiger partial charge on any atom is -0.481 e. The highest BCUT2D eigenvalue weighted by Crippen LogP contribution is 2.20. The molecule has 19 heavy (non-hydrogen) atoms. The van der Waals surface area contributed by atoms with Crippen LogP contribution in [0, 0.1) is 0 Å². The molecule has 1 amide bonds. The molecule has 1 N–H and O–H groups in total. The Labute approximate surface area is 122 Å². The van der Waals surface area contributed by atoms with Crippen LogP contribution in [0.5, 0.6) is 5.75 Å². The van der Waals surface area contributed by atoms with Crippen LogP contribution in [-0.2, 0) is 4.79 Å². The Morgan fingerprint density at radius 2 is 2.11 bits per heavy atom. The third-order valence-corrected chi connectivity index (χ3v) is 3.92. The van der Waals surface area contributed by atoms with Crippen molar-refractivity contribution in [1.29, 1.82) is 0 Å². The highest BCUT2D eigenvalue weighted by molar-refractivity contribution is 9.10. The number of benzene rings is 1. The summed E-state index contributed by atoms with van der Waals surface area (Å²) in [4.78, 5) is 12.1.